The molecule has 14 heavy (non-hydrogen) atoms. The van der Waals surface area contributed by atoms with Crippen molar-refractivity contribution >= 4 is 21.6 Å². The lowest BCUT2D eigenvalue weighted by atomic mass is 10.1. The Balaban J connectivity index is 3.19. The van der Waals surface area contributed by atoms with Crippen LogP contribution in [0.3, 0.4) is 0 Å². The fourth-order valence-electron chi connectivity index (χ4n) is 1.16. The standard InChI is InChI=1S/C9H10BrNO3/c1-6-7(5-14-2)3-4-8(9(6)10)11(12)13/h3-4H,5H2,1-2H3. The van der Waals surface area contributed by atoms with E-state index in [0.717, 1.165) is 11.1 Å². The van der Waals surface area contributed by atoms with E-state index in [2.05, 4.69) is 15.9 Å². The van der Waals surface area contributed by atoms with Crippen molar-refractivity contribution in [3.8, 4) is 0 Å². The Morgan fingerprint density at radius 1 is 1.57 bits per heavy atom. The highest BCUT2D eigenvalue weighted by Gasteiger charge is 2.15. The minimum absolute atomic E-state index is 0.0855. The van der Waals surface area contributed by atoms with Gasteiger partial charge in [-0.1, -0.05) is 0 Å². The van der Waals surface area contributed by atoms with E-state index in [-0.39, 0.29) is 5.69 Å². The third-order valence-electron chi connectivity index (χ3n) is 1.97. The van der Waals surface area contributed by atoms with Gasteiger partial charge in [0.1, 0.15) is 0 Å². The highest BCUT2D eigenvalue weighted by molar-refractivity contribution is 9.10. The van der Waals surface area contributed by atoms with Crippen molar-refractivity contribution in [1.29, 1.82) is 0 Å². The maximum absolute atomic E-state index is 10.6. The molecular formula is C9H10BrNO3. The number of rotatable bonds is 3. The molecule has 4 nitrogen and oxygen atoms in total. The highest BCUT2D eigenvalue weighted by atomic mass is 79.9. The quantitative estimate of drug-likeness (QED) is 0.620. The van der Waals surface area contributed by atoms with E-state index in [1.165, 1.54) is 6.07 Å². The Bertz CT molecular complexity index is 365. The number of nitro groups is 1. The summed E-state index contributed by atoms with van der Waals surface area (Å²) < 4.78 is 5.50. The summed E-state index contributed by atoms with van der Waals surface area (Å²) in [4.78, 5) is 10.2. The second-order valence-corrected chi connectivity index (χ2v) is 3.67. The topological polar surface area (TPSA) is 52.4 Å². The number of nitrogens with zero attached hydrogens (tertiary/aromatic N) is 1. The van der Waals surface area contributed by atoms with Gasteiger partial charge in [-0.2, -0.15) is 0 Å². The number of methoxy groups -OCH3 is 1. The summed E-state index contributed by atoms with van der Waals surface area (Å²) >= 11 is 3.20. The van der Waals surface area contributed by atoms with Gasteiger partial charge in [0.25, 0.3) is 5.69 Å². The first-order valence-electron chi connectivity index (χ1n) is 3.99. The Labute approximate surface area is 90.2 Å². The van der Waals surface area contributed by atoms with Gasteiger partial charge in [0, 0.05) is 13.2 Å². The molecule has 0 bridgehead atoms. The van der Waals surface area contributed by atoms with Crippen molar-refractivity contribution in [1.82, 2.24) is 0 Å². The van der Waals surface area contributed by atoms with Gasteiger partial charge in [0.15, 0.2) is 0 Å². The van der Waals surface area contributed by atoms with Crippen molar-refractivity contribution < 1.29 is 9.66 Å². The van der Waals surface area contributed by atoms with Gasteiger partial charge in [-0.3, -0.25) is 10.1 Å². The number of hydrogen-bond donors (Lipinski definition) is 0. The molecule has 1 rings (SSSR count). The van der Waals surface area contributed by atoms with Crippen LogP contribution >= 0.6 is 15.9 Å². The normalized spacial score (nSPS) is 10.2. The molecule has 1 aromatic rings. The van der Waals surface area contributed by atoms with E-state index in [1.54, 1.807) is 13.2 Å². The third-order valence-corrected chi connectivity index (χ3v) is 2.98. The van der Waals surface area contributed by atoms with E-state index >= 15 is 0 Å². The summed E-state index contributed by atoms with van der Waals surface area (Å²) in [7, 11) is 1.59. The van der Waals surface area contributed by atoms with Crippen LogP contribution in [0.1, 0.15) is 11.1 Å². The minimum Gasteiger partial charge on any atom is -0.380 e. The lowest BCUT2D eigenvalue weighted by molar-refractivity contribution is -0.385. The number of halogens is 1. The monoisotopic (exact) mass is 259 g/mol. The van der Waals surface area contributed by atoms with Crippen molar-refractivity contribution in [2.45, 2.75) is 13.5 Å². The highest BCUT2D eigenvalue weighted by Crippen LogP contribution is 2.30. The Hall–Kier alpha value is -0.940. The van der Waals surface area contributed by atoms with Gasteiger partial charge in [0.05, 0.1) is 16.0 Å². The molecule has 0 fully saturated rings. The fraction of sp³-hybridized carbons (Fsp3) is 0.333. The van der Waals surface area contributed by atoms with E-state index in [1.807, 2.05) is 6.92 Å². The maximum Gasteiger partial charge on any atom is 0.283 e. The van der Waals surface area contributed by atoms with Crippen LogP contribution in [0.25, 0.3) is 0 Å². The summed E-state index contributed by atoms with van der Waals surface area (Å²) in [6.45, 7) is 2.29. The molecule has 0 saturated heterocycles. The number of ether oxygens (including phenoxy) is 1. The van der Waals surface area contributed by atoms with Gasteiger partial charge in [-0.05, 0) is 40.0 Å². The smallest absolute Gasteiger partial charge is 0.283 e. The molecule has 0 aromatic heterocycles. The summed E-state index contributed by atoms with van der Waals surface area (Å²) in [5.74, 6) is 0. The zero-order valence-electron chi connectivity index (χ0n) is 7.91. The van der Waals surface area contributed by atoms with Gasteiger partial charge in [-0.25, -0.2) is 0 Å². The minimum atomic E-state index is -0.409. The average Bonchev–Trinajstić information content (AvgIpc) is 2.13. The predicted octanol–water partition coefficient (Wildman–Crippen LogP) is 2.81. The second kappa shape index (κ2) is 4.52. The molecule has 0 spiro atoms. The predicted molar refractivity (Wildman–Crippen MR) is 56.2 cm³/mol. The average molecular weight is 260 g/mol. The van der Waals surface area contributed by atoms with Gasteiger partial charge >= 0.3 is 0 Å². The molecule has 0 unspecified atom stereocenters. The van der Waals surface area contributed by atoms with Crippen molar-refractivity contribution in [3.63, 3.8) is 0 Å². The van der Waals surface area contributed by atoms with Crippen molar-refractivity contribution in [3.05, 3.63) is 37.8 Å². The molecular weight excluding hydrogens is 250 g/mol. The summed E-state index contributed by atoms with van der Waals surface area (Å²) in [6, 6.07) is 3.19. The second-order valence-electron chi connectivity index (χ2n) is 2.87. The number of hydrogen-bond acceptors (Lipinski definition) is 3. The van der Waals surface area contributed by atoms with Gasteiger partial charge in [-0.15, -0.1) is 0 Å². The van der Waals surface area contributed by atoms with Crippen LogP contribution in [0, 0.1) is 17.0 Å². The van der Waals surface area contributed by atoms with Crippen LogP contribution < -0.4 is 0 Å². The Morgan fingerprint density at radius 3 is 2.71 bits per heavy atom. The first kappa shape index (κ1) is 11.1. The lowest BCUT2D eigenvalue weighted by Crippen LogP contribution is -1.96. The van der Waals surface area contributed by atoms with Crippen LogP contribution in [0.2, 0.25) is 0 Å². The summed E-state index contributed by atoms with van der Waals surface area (Å²) in [6.07, 6.45) is 0. The number of nitro benzene ring substituents is 1. The largest absolute Gasteiger partial charge is 0.380 e. The molecule has 5 heteroatoms. The van der Waals surface area contributed by atoms with Gasteiger partial charge in [0.2, 0.25) is 0 Å². The molecule has 0 heterocycles. The Morgan fingerprint density at radius 2 is 2.21 bits per heavy atom. The summed E-state index contributed by atoms with van der Waals surface area (Å²) in [5, 5.41) is 10.6. The molecule has 0 aliphatic carbocycles. The SMILES string of the molecule is COCc1ccc([N+](=O)[O-])c(Br)c1C. The van der Waals surface area contributed by atoms with E-state index < -0.39 is 4.92 Å². The van der Waals surface area contributed by atoms with Crippen LogP contribution in [-0.2, 0) is 11.3 Å². The third kappa shape index (κ3) is 2.10. The zero-order chi connectivity index (χ0) is 10.7. The van der Waals surface area contributed by atoms with Crippen LogP contribution in [-0.4, -0.2) is 12.0 Å². The van der Waals surface area contributed by atoms with Crippen LogP contribution in [0.5, 0.6) is 0 Å². The van der Waals surface area contributed by atoms with Crippen LogP contribution in [0.15, 0.2) is 16.6 Å². The molecule has 1 aromatic carbocycles. The molecule has 76 valence electrons. The first-order valence-corrected chi connectivity index (χ1v) is 4.78. The Kier molecular flexibility index (Phi) is 3.60. The molecule has 0 aliphatic heterocycles. The lowest BCUT2D eigenvalue weighted by Gasteiger charge is -2.06. The van der Waals surface area contributed by atoms with E-state index in [0.29, 0.717) is 11.1 Å². The van der Waals surface area contributed by atoms with E-state index in [4.69, 9.17) is 4.74 Å². The molecule has 0 saturated carbocycles. The van der Waals surface area contributed by atoms with E-state index in [9.17, 15) is 10.1 Å². The number of benzene rings is 1. The summed E-state index contributed by atoms with van der Waals surface area (Å²) in [5.41, 5.74) is 1.88. The van der Waals surface area contributed by atoms with Crippen molar-refractivity contribution in [2.75, 3.05) is 7.11 Å². The fourth-order valence-corrected chi connectivity index (χ4v) is 1.70. The first-order chi connectivity index (χ1) is 6.57. The molecule has 0 amide bonds. The van der Waals surface area contributed by atoms with Gasteiger partial charge < -0.3 is 4.74 Å². The zero-order valence-corrected chi connectivity index (χ0v) is 9.50. The van der Waals surface area contributed by atoms with Crippen molar-refractivity contribution in [2.24, 2.45) is 0 Å². The van der Waals surface area contributed by atoms with Crippen LogP contribution in [0.4, 0.5) is 5.69 Å². The molecule has 0 N–H and O–H groups in total. The molecule has 0 radical (unpaired) electrons. The molecule has 0 aliphatic rings. The molecule has 0 atom stereocenters. The maximum atomic E-state index is 10.6.